The Kier molecular flexibility index (Phi) is 5.34. The molecule has 2 heterocycles. The molecule has 154 valence electrons. The molecular weight excluding hydrogens is 391 g/mol. The van der Waals surface area contributed by atoms with E-state index in [0.29, 0.717) is 47.5 Å². The first kappa shape index (κ1) is 19.4. The summed E-state index contributed by atoms with van der Waals surface area (Å²) >= 11 is 0. The van der Waals surface area contributed by atoms with Gasteiger partial charge in [0.2, 0.25) is 0 Å². The van der Waals surface area contributed by atoms with Crippen LogP contribution in [0.25, 0.3) is 0 Å². The summed E-state index contributed by atoms with van der Waals surface area (Å²) in [5, 5.41) is 5.47. The molecule has 0 atom stereocenters. The van der Waals surface area contributed by atoms with Crippen molar-refractivity contribution >= 4 is 17.4 Å². The van der Waals surface area contributed by atoms with Gasteiger partial charge in [0.25, 0.3) is 0 Å². The topological polar surface area (TPSA) is 94.6 Å². The van der Waals surface area contributed by atoms with Crippen molar-refractivity contribution in [2.24, 2.45) is 0 Å². The molecule has 3 aromatic rings. The highest BCUT2D eigenvalue weighted by atomic mass is 19.1. The van der Waals surface area contributed by atoms with Gasteiger partial charge in [0.1, 0.15) is 13.2 Å². The molecule has 0 fully saturated rings. The second-order valence-corrected chi connectivity index (χ2v) is 6.52. The fourth-order valence-electron chi connectivity index (χ4n) is 2.93. The third-order valence-electron chi connectivity index (χ3n) is 4.33. The lowest BCUT2D eigenvalue weighted by Crippen LogP contribution is -2.22. The molecule has 0 bridgehead atoms. The Balaban J connectivity index is 1.46. The Morgan fingerprint density at radius 2 is 1.70 bits per heavy atom. The van der Waals surface area contributed by atoms with E-state index in [4.69, 9.17) is 14.2 Å². The number of fused-ring (bicyclic) bond motifs is 1. The molecule has 0 aliphatic carbocycles. The van der Waals surface area contributed by atoms with E-state index in [2.05, 4.69) is 20.6 Å². The normalized spacial score (nSPS) is 12.2. The minimum atomic E-state index is -0.516. The van der Waals surface area contributed by atoms with E-state index < -0.39 is 11.8 Å². The number of rotatable bonds is 4. The number of hydrogen-bond donors (Lipinski definition) is 2. The number of hydrogen-bond acceptors (Lipinski definition) is 6. The Hall–Kier alpha value is -3.88. The lowest BCUT2D eigenvalue weighted by Gasteiger charge is -2.19. The maximum Gasteiger partial charge on any atom is 0.323 e. The summed E-state index contributed by atoms with van der Waals surface area (Å²) in [5.41, 5.74) is 1.94. The molecule has 0 unspecified atom stereocenters. The minimum absolute atomic E-state index is 0.00658. The van der Waals surface area contributed by atoms with Gasteiger partial charge >= 0.3 is 12.0 Å². The third kappa shape index (κ3) is 4.24. The smallest absolute Gasteiger partial charge is 0.323 e. The van der Waals surface area contributed by atoms with Crippen molar-refractivity contribution in [2.75, 3.05) is 23.8 Å². The van der Waals surface area contributed by atoms with E-state index in [0.717, 1.165) is 0 Å². The molecule has 2 aromatic carbocycles. The van der Waals surface area contributed by atoms with Gasteiger partial charge in [0.05, 0.1) is 17.1 Å². The van der Waals surface area contributed by atoms with Crippen LogP contribution < -0.4 is 24.8 Å². The Morgan fingerprint density at radius 3 is 2.43 bits per heavy atom. The number of ether oxygens (including phenoxy) is 3. The van der Waals surface area contributed by atoms with Crippen molar-refractivity contribution < 1.29 is 23.4 Å². The summed E-state index contributed by atoms with van der Waals surface area (Å²) in [6.45, 7) is 4.35. The summed E-state index contributed by atoms with van der Waals surface area (Å²) in [6, 6.07) is 10.6. The molecule has 9 heteroatoms. The summed E-state index contributed by atoms with van der Waals surface area (Å²) in [5.74, 6) is 0.716. The number of nitrogens with one attached hydrogen (secondary N) is 2. The van der Waals surface area contributed by atoms with Crippen LogP contribution in [0.1, 0.15) is 11.4 Å². The predicted molar refractivity (Wildman–Crippen MR) is 108 cm³/mol. The van der Waals surface area contributed by atoms with E-state index in [1.165, 1.54) is 12.1 Å². The SMILES string of the molecule is Cc1nc(Oc2ccccc2F)nc(C)c1NC(=O)Nc1ccc2c(c1)OCCO2. The molecule has 0 saturated heterocycles. The predicted octanol–water partition coefficient (Wildman–Crippen LogP) is 4.44. The van der Waals surface area contributed by atoms with Gasteiger partial charge in [-0.25, -0.2) is 9.18 Å². The number of amides is 2. The van der Waals surface area contributed by atoms with Crippen molar-refractivity contribution in [1.82, 2.24) is 9.97 Å². The van der Waals surface area contributed by atoms with Crippen molar-refractivity contribution in [3.05, 3.63) is 59.7 Å². The molecule has 2 N–H and O–H groups in total. The number of carbonyl (C=O) groups is 1. The van der Waals surface area contributed by atoms with Gasteiger partial charge in [-0.2, -0.15) is 9.97 Å². The molecule has 0 radical (unpaired) electrons. The van der Waals surface area contributed by atoms with Crippen LogP contribution in [0.4, 0.5) is 20.6 Å². The van der Waals surface area contributed by atoms with Crippen LogP contribution in [0, 0.1) is 19.7 Å². The maximum absolute atomic E-state index is 13.8. The van der Waals surface area contributed by atoms with Gasteiger partial charge in [-0.05, 0) is 38.1 Å². The number of aromatic nitrogens is 2. The number of carbonyl (C=O) groups excluding carboxylic acids is 1. The highest BCUT2D eigenvalue weighted by molar-refractivity contribution is 6.00. The zero-order valence-corrected chi connectivity index (χ0v) is 16.4. The molecule has 30 heavy (non-hydrogen) atoms. The molecule has 8 nitrogen and oxygen atoms in total. The second-order valence-electron chi connectivity index (χ2n) is 6.52. The fourth-order valence-corrected chi connectivity index (χ4v) is 2.93. The van der Waals surface area contributed by atoms with Gasteiger partial charge in [0.15, 0.2) is 23.1 Å². The zero-order valence-electron chi connectivity index (χ0n) is 16.4. The monoisotopic (exact) mass is 410 g/mol. The first-order valence-corrected chi connectivity index (χ1v) is 9.25. The van der Waals surface area contributed by atoms with E-state index in [-0.39, 0.29) is 11.8 Å². The Labute approximate surface area is 172 Å². The summed E-state index contributed by atoms with van der Waals surface area (Å²) < 4.78 is 30.2. The van der Waals surface area contributed by atoms with Crippen LogP contribution in [-0.2, 0) is 0 Å². The van der Waals surface area contributed by atoms with Gasteiger partial charge in [0, 0.05) is 11.8 Å². The summed E-state index contributed by atoms with van der Waals surface area (Å²) in [6.07, 6.45) is 0. The van der Waals surface area contributed by atoms with Crippen molar-refractivity contribution in [1.29, 1.82) is 0 Å². The molecule has 2 amide bonds. The van der Waals surface area contributed by atoms with Crippen LogP contribution in [0.5, 0.6) is 23.3 Å². The van der Waals surface area contributed by atoms with Crippen LogP contribution in [-0.4, -0.2) is 29.2 Å². The maximum atomic E-state index is 13.8. The van der Waals surface area contributed by atoms with Gasteiger partial charge in [-0.15, -0.1) is 0 Å². The zero-order chi connectivity index (χ0) is 21.1. The van der Waals surface area contributed by atoms with Crippen LogP contribution in [0.15, 0.2) is 42.5 Å². The molecular formula is C21H19FN4O4. The highest BCUT2D eigenvalue weighted by Gasteiger charge is 2.16. The lowest BCUT2D eigenvalue weighted by atomic mass is 10.2. The van der Waals surface area contributed by atoms with E-state index >= 15 is 0 Å². The summed E-state index contributed by atoms with van der Waals surface area (Å²) in [4.78, 5) is 20.9. The fraction of sp³-hybridized carbons (Fsp3) is 0.190. The molecule has 1 aliphatic heterocycles. The number of benzene rings is 2. The van der Waals surface area contributed by atoms with Crippen molar-refractivity contribution in [2.45, 2.75) is 13.8 Å². The van der Waals surface area contributed by atoms with Crippen molar-refractivity contribution in [3.63, 3.8) is 0 Å². The number of urea groups is 1. The molecule has 1 aromatic heterocycles. The van der Waals surface area contributed by atoms with Gasteiger partial charge in [-0.1, -0.05) is 12.1 Å². The van der Waals surface area contributed by atoms with Crippen LogP contribution in [0.2, 0.25) is 0 Å². The number of para-hydroxylation sites is 1. The van der Waals surface area contributed by atoms with Gasteiger partial charge in [-0.3, -0.25) is 0 Å². The van der Waals surface area contributed by atoms with Gasteiger partial charge < -0.3 is 24.8 Å². The summed E-state index contributed by atoms with van der Waals surface area (Å²) in [7, 11) is 0. The largest absolute Gasteiger partial charge is 0.486 e. The van der Waals surface area contributed by atoms with Crippen LogP contribution in [0.3, 0.4) is 0 Å². The number of anilines is 2. The molecule has 4 rings (SSSR count). The van der Waals surface area contributed by atoms with Crippen LogP contribution >= 0.6 is 0 Å². The Bertz CT molecular complexity index is 1080. The quantitative estimate of drug-likeness (QED) is 0.660. The molecule has 0 saturated carbocycles. The number of nitrogens with zero attached hydrogens (tertiary/aromatic N) is 2. The second kappa shape index (κ2) is 8.24. The average molecular weight is 410 g/mol. The first-order chi connectivity index (χ1) is 14.5. The van der Waals surface area contributed by atoms with E-state index in [1.54, 1.807) is 44.2 Å². The Morgan fingerprint density at radius 1 is 1.00 bits per heavy atom. The average Bonchev–Trinajstić information content (AvgIpc) is 2.72. The highest BCUT2D eigenvalue weighted by Crippen LogP contribution is 2.32. The number of halogens is 1. The molecule has 0 spiro atoms. The lowest BCUT2D eigenvalue weighted by molar-refractivity contribution is 0.171. The standard InChI is InChI=1S/C21H19FN4O4/c1-12-19(13(2)24-21(23-12)30-16-6-4-3-5-15(16)22)26-20(27)25-14-7-8-17-18(11-14)29-10-9-28-17/h3-8,11H,9-10H2,1-2H3,(H2,25,26,27). The number of aryl methyl sites for hydroxylation is 2. The van der Waals surface area contributed by atoms with E-state index in [1.807, 2.05) is 0 Å². The minimum Gasteiger partial charge on any atom is -0.486 e. The van der Waals surface area contributed by atoms with Crippen molar-refractivity contribution in [3.8, 4) is 23.3 Å². The van der Waals surface area contributed by atoms with E-state index in [9.17, 15) is 9.18 Å². The third-order valence-corrected chi connectivity index (χ3v) is 4.33. The first-order valence-electron chi connectivity index (χ1n) is 9.25. The molecule has 1 aliphatic rings.